The lowest BCUT2D eigenvalue weighted by Gasteiger charge is -2.19. The molecule has 2 aliphatic heterocycles. The second kappa shape index (κ2) is 2.19. The van der Waals surface area contributed by atoms with Crippen LogP contribution in [0.15, 0.2) is 0 Å². The van der Waals surface area contributed by atoms with E-state index in [1.54, 1.807) is 0 Å². The second-order valence-electron chi connectivity index (χ2n) is 3.28. The van der Waals surface area contributed by atoms with Crippen LogP contribution in [-0.2, 0) is 4.74 Å². The van der Waals surface area contributed by atoms with Gasteiger partial charge in [-0.1, -0.05) is 0 Å². The van der Waals surface area contributed by atoms with Gasteiger partial charge in [0.05, 0.1) is 18.3 Å². The zero-order valence-electron chi connectivity index (χ0n) is 5.97. The molecule has 0 saturated carbocycles. The molecule has 0 aliphatic carbocycles. The molecule has 0 radical (unpaired) electrons. The molecule has 2 rings (SSSR count). The van der Waals surface area contributed by atoms with Crippen molar-refractivity contribution in [2.24, 2.45) is 0 Å². The minimum absolute atomic E-state index is 0.000579. The predicted octanol–water partition coefficient (Wildman–Crippen LogP) is -0.500. The summed E-state index contributed by atoms with van der Waals surface area (Å²) in [6, 6.07) is 0. The van der Waals surface area contributed by atoms with E-state index >= 15 is 0 Å². The van der Waals surface area contributed by atoms with Crippen LogP contribution < -0.4 is 5.32 Å². The summed E-state index contributed by atoms with van der Waals surface area (Å²) < 4.78 is 5.50. The Balaban J connectivity index is 2.03. The molecule has 0 aromatic rings. The highest BCUT2D eigenvalue weighted by atomic mass is 16.5. The molecule has 3 nitrogen and oxygen atoms in total. The molecule has 2 atom stereocenters. The Kier molecular flexibility index (Phi) is 1.44. The van der Waals surface area contributed by atoms with Gasteiger partial charge in [-0.15, -0.1) is 0 Å². The van der Waals surface area contributed by atoms with Crippen LogP contribution in [0.3, 0.4) is 0 Å². The van der Waals surface area contributed by atoms with E-state index in [9.17, 15) is 5.11 Å². The summed E-state index contributed by atoms with van der Waals surface area (Å²) in [5.41, 5.74) is -0.000579. The first kappa shape index (κ1) is 6.58. The standard InChI is InChI=1S/C7H13NO2/c9-6-3-7(10-4-6)1-2-8-5-7/h6,8-9H,1-5H2/t6-,7+/m1/s1. The Bertz CT molecular complexity index is 132. The smallest absolute Gasteiger partial charge is 0.0845 e. The Labute approximate surface area is 60.4 Å². The van der Waals surface area contributed by atoms with Crippen molar-refractivity contribution in [3.8, 4) is 0 Å². The number of nitrogens with one attached hydrogen (secondary N) is 1. The first-order valence-corrected chi connectivity index (χ1v) is 3.84. The van der Waals surface area contributed by atoms with E-state index in [1.165, 1.54) is 0 Å². The number of rotatable bonds is 0. The SMILES string of the molecule is O[C@H]1CO[C@@]2(CCNC2)C1. The van der Waals surface area contributed by atoms with Gasteiger partial charge in [0.2, 0.25) is 0 Å². The minimum atomic E-state index is -0.222. The van der Waals surface area contributed by atoms with Crippen molar-refractivity contribution in [1.29, 1.82) is 0 Å². The minimum Gasteiger partial charge on any atom is -0.391 e. The van der Waals surface area contributed by atoms with E-state index in [0.717, 1.165) is 25.9 Å². The van der Waals surface area contributed by atoms with Crippen molar-refractivity contribution in [2.75, 3.05) is 19.7 Å². The van der Waals surface area contributed by atoms with Crippen LogP contribution in [0, 0.1) is 0 Å². The fraction of sp³-hybridized carbons (Fsp3) is 1.00. The Morgan fingerprint density at radius 2 is 2.50 bits per heavy atom. The molecule has 0 unspecified atom stereocenters. The molecule has 0 bridgehead atoms. The summed E-state index contributed by atoms with van der Waals surface area (Å²) in [6.45, 7) is 2.48. The summed E-state index contributed by atoms with van der Waals surface area (Å²) in [6.07, 6.45) is 1.66. The summed E-state index contributed by atoms with van der Waals surface area (Å²) in [5.74, 6) is 0. The molecule has 10 heavy (non-hydrogen) atoms. The van der Waals surface area contributed by atoms with Gasteiger partial charge < -0.3 is 15.2 Å². The molecule has 0 aromatic carbocycles. The fourth-order valence-electron chi connectivity index (χ4n) is 1.84. The number of hydrogen-bond acceptors (Lipinski definition) is 3. The van der Waals surface area contributed by atoms with Crippen LogP contribution in [-0.4, -0.2) is 36.5 Å². The van der Waals surface area contributed by atoms with Crippen LogP contribution in [0.2, 0.25) is 0 Å². The first-order chi connectivity index (χ1) is 4.81. The summed E-state index contributed by atoms with van der Waals surface area (Å²) in [7, 11) is 0. The zero-order chi connectivity index (χ0) is 7.03. The average molecular weight is 143 g/mol. The molecular weight excluding hydrogens is 130 g/mol. The monoisotopic (exact) mass is 143 g/mol. The molecule has 2 N–H and O–H groups in total. The maximum Gasteiger partial charge on any atom is 0.0845 e. The third-order valence-corrected chi connectivity index (χ3v) is 2.39. The predicted molar refractivity (Wildman–Crippen MR) is 36.8 cm³/mol. The Morgan fingerprint density at radius 1 is 1.60 bits per heavy atom. The van der Waals surface area contributed by atoms with Crippen molar-refractivity contribution in [3.63, 3.8) is 0 Å². The molecular formula is C7H13NO2. The first-order valence-electron chi connectivity index (χ1n) is 3.84. The number of hydrogen-bond donors (Lipinski definition) is 2. The normalized spacial score (nSPS) is 47.1. The summed E-state index contributed by atoms with van der Waals surface area (Å²) in [5, 5.41) is 12.4. The Hall–Kier alpha value is -0.120. The van der Waals surface area contributed by atoms with E-state index < -0.39 is 0 Å². The van der Waals surface area contributed by atoms with Gasteiger partial charge >= 0.3 is 0 Å². The molecule has 0 amide bonds. The van der Waals surface area contributed by atoms with Gasteiger partial charge in [0, 0.05) is 13.0 Å². The van der Waals surface area contributed by atoms with Crippen molar-refractivity contribution < 1.29 is 9.84 Å². The number of aliphatic hydroxyl groups is 1. The van der Waals surface area contributed by atoms with E-state index in [1.807, 2.05) is 0 Å². The molecule has 2 saturated heterocycles. The topological polar surface area (TPSA) is 41.5 Å². The van der Waals surface area contributed by atoms with E-state index in [4.69, 9.17) is 4.74 Å². The Morgan fingerprint density at radius 3 is 3.00 bits per heavy atom. The summed E-state index contributed by atoms with van der Waals surface area (Å²) in [4.78, 5) is 0. The molecule has 2 heterocycles. The maximum atomic E-state index is 9.20. The van der Waals surface area contributed by atoms with Crippen molar-refractivity contribution in [3.05, 3.63) is 0 Å². The van der Waals surface area contributed by atoms with E-state index in [2.05, 4.69) is 5.32 Å². The van der Waals surface area contributed by atoms with E-state index in [0.29, 0.717) is 6.61 Å². The van der Waals surface area contributed by atoms with Gasteiger partial charge in [0.25, 0.3) is 0 Å². The maximum absolute atomic E-state index is 9.20. The third kappa shape index (κ3) is 0.944. The van der Waals surface area contributed by atoms with Gasteiger partial charge in [-0.25, -0.2) is 0 Å². The summed E-state index contributed by atoms with van der Waals surface area (Å²) >= 11 is 0. The van der Waals surface area contributed by atoms with Gasteiger partial charge in [0.1, 0.15) is 0 Å². The fourth-order valence-corrected chi connectivity index (χ4v) is 1.84. The van der Waals surface area contributed by atoms with Gasteiger partial charge in [-0.05, 0) is 13.0 Å². The zero-order valence-corrected chi connectivity index (χ0v) is 5.97. The molecule has 58 valence electrons. The average Bonchev–Trinajstić information content (AvgIpc) is 2.46. The van der Waals surface area contributed by atoms with Gasteiger partial charge in [-0.3, -0.25) is 0 Å². The third-order valence-electron chi connectivity index (χ3n) is 2.39. The van der Waals surface area contributed by atoms with Crippen LogP contribution in [0.4, 0.5) is 0 Å². The van der Waals surface area contributed by atoms with Crippen molar-refractivity contribution >= 4 is 0 Å². The lowest BCUT2D eigenvalue weighted by atomic mass is 9.99. The molecule has 2 fully saturated rings. The largest absolute Gasteiger partial charge is 0.391 e. The number of ether oxygens (including phenoxy) is 1. The molecule has 2 aliphatic rings. The number of aliphatic hydroxyl groups excluding tert-OH is 1. The van der Waals surface area contributed by atoms with Gasteiger partial charge in [0.15, 0.2) is 0 Å². The van der Waals surface area contributed by atoms with Gasteiger partial charge in [-0.2, -0.15) is 0 Å². The van der Waals surface area contributed by atoms with Crippen LogP contribution in [0.5, 0.6) is 0 Å². The van der Waals surface area contributed by atoms with Crippen LogP contribution in [0.25, 0.3) is 0 Å². The lowest BCUT2D eigenvalue weighted by molar-refractivity contribution is 0.0172. The highest BCUT2D eigenvalue weighted by molar-refractivity contribution is 4.95. The van der Waals surface area contributed by atoms with Crippen LogP contribution >= 0.6 is 0 Å². The quantitative estimate of drug-likeness (QED) is 0.480. The highest BCUT2D eigenvalue weighted by Gasteiger charge is 2.41. The van der Waals surface area contributed by atoms with Crippen LogP contribution in [0.1, 0.15) is 12.8 Å². The highest BCUT2D eigenvalue weighted by Crippen LogP contribution is 2.31. The molecule has 3 heteroatoms. The molecule has 1 spiro atoms. The second-order valence-corrected chi connectivity index (χ2v) is 3.28. The van der Waals surface area contributed by atoms with E-state index in [-0.39, 0.29) is 11.7 Å². The van der Waals surface area contributed by atoms with Crippen molar-refractivity contribution in [2.45, 2.75) is 24.5 Å². The molecule has 0 aromatic heterocycles. The van der Waals surface area contributed by atoms with Crippen molar-refractivity contribution in [1.82, 2.24) is 5.32 Å². The lowest BCUT2D eigenvalue weighted by Crippen LogP contribution is -2.30.